The molecule has 150 valence electrons. The molecule has 6 nitrogen and oxygen atoms in total. The van der Waals surface area contributed by atoms with Gasteiger partial charge in [0.15, 0.2) is 5.96 Å². The summed E-state index contributed by atoms with van der Waals surface area (Å²) < 4.78 is 27.0. The quantitative estimate of drug-likeness (QED) is 0.466. The average molecular weight is 403 g/mol. The number of thiophene rings is 1. The summed E-state index contributed by atoms with van der Waals surface area (Å²) in [4.78, 5) is 5.65. The van der Waals surface area contributed by atoms with Crippen LogP contribution in [0.1, 0.15) is 46.4 Å². The zero-order valence-electron chi connectivity index (χ0n) is 16.9. The minimum atomic E-state index is -3.36. The Morgan fingerprint density at radius 1 is 1.19 bits per heavy atom. The maximum atomic E-state index is 12.5. The summed E-state index contributed by atoms with van der Waals surface area (Å²) in [7, 11) is -3.36. The summed E-state index contributed by atoms with van der Waals surface area (Å²) >= 11 is 1.34. The van der Waals surface area contributed by atoms with E-state index in [2.05, 4.69) is 36.4 Å². The standard InChI is InChI=1S/C18H34N4O2S2/c1-7-19-18(21-15(6)14(4)5)20-13-12-16-10-11-17(25-16)26(23,24)22(8-2)9-3/h10-11,14-15H,7-9,12-13H2,1-6H3,(H2,19,20,21). The fourth-order valence-electron chi connectivity index (χ4n) is 2.30. The summed E-state index contributed by atoms with van der Waals surface area (Å²) in [5.41, 5.74) is 0. The van der Waals surface area contributed by atoms with E-state index in [1.807, 2.05) is 26.8 Å². The van der Waals surface area contributed by atoms with Crippen LogP contribution in [-0.2, 0) is 16.4 Å². The number of rotatable bonds is 10. The Morgan fingerprint density at radius 2 is 1.85 bits per heavy atom. The zero-order chi connectivity index (χ0) is 19.7. The van der Waals surface area contributed by atoms with E-state index in [4.69, 9.17) is 0 Å². The fraction of sp³-hybridized carbons (Fsp3) is 0.722. The van der Waals surface area contributed by atoms with Gasteiger partial charge in [0.2, 0.25) is 0 Å². The maximum Gasteiger partial charge on any atom is 0.252 e. The summed E-state index contributed by atoms with van der Waals surface area (Å²) in [5, 5.41) is 6.66. The molecule has 1 heterocycles. The zero-order valence-corrected chi connectivity index (χ0v) is 18.5. The Hall–Kier alpha value is -1.12. The molecule has 0 aliphatic rings. The van der Waals surface area contributed by atoms with E-state index >= 15 is 0 Å². The van der Waals surface area contributed by atoms with Crippen molar-refractivity contribution in [3.8, 4) is 0 Å². The first-order valence-corrected chi connectivity index (χ1v) is 11.7. The lowest BCUT2D eigenvalue weighted by Gasteiger charge is -2.20. The van der Waals surface area contributed by atoms with Gasteiger partial charge in [0, 0.05) is 43.5 Å². The van der Waals surface area contributed by atoms with Crippen LogP contribution < -0.4 is 10.6 Å². The van der Waals surface area contributed by atoms with E-state index in [0.29, 0.717) is 35.8 Å². The second-order valence-corrected chi connectivity index (χ2v) is 9.83. The van der Waals surface area contributed by atoms with Crippen molar-refractivity contribution in [2.24, 2.45) is 10.9 Å². The minimum Gasteiger partial charge on any atom is -0.357 e. The van der Waals surface area contributed by atoms with Crippen molar-refractivity contribution in [3.63, 3.8) is 0 Å². The Labute approximate surface area is 163 Å². The van der Waals surface area contributed by atoms with E-state index in [1.54, 1.807) is 6.07 Å². The first-order valence-electron chi connectivity index (χ1n) is 9.39. The van der Waals surface area contributed by atoms with Crippen LogP contribution in [0, 0.1) is 5.92 Å². The number of nitrogens with one attached hydrogen (secondary N) is 2. The highest BCUT2D eigenvalue weighted by Crippen LogP contribution is 2.25. The smallest absolute Gasteiger partial charge is 0.252 e. The summed E-state index contributed by atoms with van der Waals surface area (Å²) in [6.07, 6.45) is 0.727. The van der Waals surface area contributed by atoms with Crippen LogP contribution in [0.4, 0.5) is 0 Å². The van der Waals surface area contributed by atoms with Crippen LogP contribution in [-0.4, -0.2) is 50.9 Å². The molecule has 0 amide bonds. The summed E-state index contributed by atoms with van der Waals surface area (Å²) in [5.74, 6) is 1.32. The van der Waals surface area contributed by atoms with Gasteiger partial charge >= 0.3 is 0 Å². The molecule has 1 atom stereocenters. The highest BCUT2D eigenvalue weighted by Gasteiger charge is 2.23. The monoisotopic (exact) mass is 402 g/mol. The van der Waals surface area contributed by atoms with Gasteiger partial charge < -0.3 is 10.6 Å². The van der Waals surface area contributed by atoms with Gasteiger partial charge in [-0.2, -0.15) is 4.31 Å². The first-order chi connectivity index (χ1) is 12.3. The van der Waals surface area contributed by atoms with Gasteiger partial charge in [0.1, 0.15) is 4.21 Å². The van der Waals surface area contributed by atoms with Crippen molar-refractivity contribution >= 4 is 27.3 Å². The third-order valence-electron chi connectivity index (χ3n) is 4.27. The van der Waals surface area contributed by atoms with Crippen LogP contribution in [0.3, 0.4) is 0 Å². The minimum absolute atomic E-state index is 0.334. The highest BCUT2D eigenvalue weighted by atomic mass is 32.2. The van der Waals surface area contributed by atoms with Crippen LogP contribution in [0.25, 0.3) is 0 Å². The lowest BCUT2D eigenvalue weighted by Crippen LogP contribution is -2.44. The van der Waals surface area contributed by atoms with Crippen molar-refractivity contribution in [3.05, 3.63) is 17.0 Å². The number of hydrogen-bond acceptors (Lipinski definition) is 4. The van der Waals surface area contributed by atoms with Crippen molar-refractivity contribution in [2.45, 2.75) is 58.2 Å². The third kappa shape index (κ3) is 6.55. The van der Waals surface area contributed by atoms with Crippen molar-refractivity contribution in [2.75, 3.05) is 26.2 Å². The van der Waals surface area contributed by atoms with Crippen molar-refractivity contribution < 1.29 is 8.42 Å². The lowest BCUT2D eigenvalue weighted by molar-refractivity contribution is 0.447. The third-order valence-corrected chi connectivity index (χ3v) is 7.94. The highest BCUT2D eigenvalue weighted by molar-refractivity contribution is 7.91. The van der Waals surface area contributed by atoms with Crippen LogP contribution >= 0.6 is 11.3 Å². The second kappa shape index (κ2) is 10.9. The molecule has 1 unspecified atom stereocenters. The van der Waals surface area contributed by atoms with E-state index < -0.39 is 10.0 Å². The van der Waals surface area contributed by atoms with E-state index in [0.717, 1.165) is 23.8 Å². The number of nitrogens with zero attached hydrogens (tertiary/aromatic N) is 2. The van der Waals surface area contributed by atoms with Crippen molar-refractivity contribution in [1.29, 1.82) is 0 Å². The molecule has 8 heteroatoms. The van der Waals surface area contributed by atoms with Gasteiger partial charge in [-0.3, -0.25) is 4.99 Å². The van der Waals surface area contributed by atoms with Gasteiger partial charge in [-0.15, -0.1) is 11.3 Å². The van der Waals surface area contributed by atoms with Crippen LogP contribution in [0.5, 0.6) is 0 Å². The molecule has 0 aliphatic heterocycles. The molecule has 2 N–H and O–H groups in total. The Kier molecular flexibility index (Phi) is 9.60. The molecule has 0 saturated carbocycles. The molecule has 26 heavy (non-hydrogen) atoms. The fourth-order valence-corrected chi connectivity index (χ4v) is 5.26. The molecule has 1 rings (SSSR count). The molecule has 0 aromatic carbocycles. The van der Waals surface area contributed by atoms with Crippen molar-refractivity contribution in [1.82, 2.24) is 14.9 Å². The molecule has 0 aliphatic carbocycles. The van der Waals surface area contributed by atoms with Gasteiger partial charge in [-0.1, -0.05) is 27.7 Å². The van der Waals surface area contributed by atoms with Gasteiger partial charge in [-0.25, -0.2) is 8.42 Å². The van der Waals surface area contributed by atoms with Gasteiger partial charge in [-0.05, 0) is 31.9 Å². The largest absolute Gasteiger partial charge is 0.357 e. The van der Waals surface area contributed by atoms with E-state index in [9.17, 15) is 8.42 Å². The summed E-state index contributed by atoms with van der Waals surface area (Å²) in [6, 6.07) is 3.94. The predicted molar refractivity (Wildman–Crippen MR) is 112 cm³/mol. The molecular weight excluding hydrogens is 368 g/mol. The normalized spacial score (nSPS) is 14.1. The number of hydrogen-bond donors (Lipinski definition) is 2. The van der Waals surface area contributed by atoms with Crippen LogP contribution in [0.15, 0.2) is 21.3 Å². The van der Waals surface area contributed by atoms with Gasteiger partial charge in [0.05, 0.1) is 0 Å². The lowest BCUT2D eigenvalue weighted by atomic mass is 10.1. The Bertz CT molecular complexity index is 664. The molecule has 0 fully saturated rings. The topological polar surface area (TPSA) is 73.8 Å². The molecule has 0 bridgehead atoms. The van der Waals surface area contributed by atoms with E-state index in [1.165, 1.54) is 15.6 Å². The van der Waals surface area contributed by atoms with Crippen LogP contribution in [0.2, 0.25) is 0 Å². The first kappa shape index (κ1) is 22.9. The van der Waals surface area contributed by atoms with E-state index in [-0.39, 0.29) is 0 Å². The molecule has 1 aromatic heterocycles. The number of aliphatic imine (C=N–C) groups is 1. The Balaban J connectivity index is 2.74. The molecule has 1 aromatic rings. The predicted octanol–water partition coefficient (Wildman–Crippen LogP) is 2.92. The molecule has 0 radical (unpaired) electrons. The Morgan fingerprint density at radius 3 is 2.38 bits per heavy atom. The number of sulfonamides is 1. The average Bonchev–Trinajstić information content (AvgIpc) is 3.05. The SMILES string of the molecule is CCNC(=NCCc1ccc(S(=O)(=O)N(CC)CC)s1)NC(C)C(C)C. The molecule has 0 spiro atoms. The maximum absolute atomic E-state index is 12.5. The molecule has 0 saturated heterocycles. The second-order valence-electron chi connectivity index (χ2n) is 6.50. The summed E-state index contributed by atoms with van der Waals surface area (Å²) in [6.45, 7) is 14.6. The van der Waals surface area contributed by atoms with Gasteiger partial charge in [0.25, 0.3) is 10.0 Å². The molecular formula is C18H34N4O2S2. The number of guanidine groups is 1.